The minimum Gasteiger partial charge on any atom is -0.493 e. The summed E-state index contributed by atoms with van der Waals surface area (Å²) < 4.78 is 23.0. The van der Waals surface area contributed by atoms with Crippen molar-refractivity contribution in [3.63, 3.8) is 0 Å². The van der Waals surface area contributed by atoms with Crippen molar-refractivity contribution < 1.29 is 18.7 Å². The molecule has 0 fully saturated rings. The molecule has 0 atom stereocenters. The van der Waals surface area contributed by atoms with Gasteiger partial charge in [0.05, 0.1) is 20.8 Å². The van der Waals surface area contributed by atoms with Gasteiger partial charge in [-0.05, 0) is 42.5 Å². The predicted molar refractivity (Wildman–Crippen MR) is 85.2 cm³/mol. The van der Waals surface area contributed by atoms with Crippen LogP contribution in [0.15, 0.2) is 42.5 Å². The maximum atomic E-state index is 12.8. The van der Waals surface area contributed by atoms with E-state index in [9.17, 15) is 9.18 Å². The topological polar surface area (TPSA) is 47.6 Å². The van der Waals surface area contributed by atoms with E-state index in [1.165, 1.54) is 26.4 Å². The van der Waals surface area contributed by atoms with Crippen molar-refractivity contribution in [1.82, 2.24) is 5.32 Å². The Morgan fingerprint density at radius 3 is 2.43 bits per heavy atom. The summed E-state index contributed by atoms with van der Waals surface area (Å²) in [5, 5.41) is 2.69. The summed E-state index contributed by atoms with van der Waals surface area (Å²) in [5.41, 5.74) is 1.14. The lowest BCUT2D eigenvalue weighted by molar-refractivity contribution is 0.0958. The first-order valence-electron chi connectivity index (χ1n) is 6.88. The normalized spacial score (nSPS) is 9.52. The number of rotatable bonds is 4. The first-order valence-corrected chi connectivity index (χ1v) is 6.88. The van der Waals surface area contributed by atoms with Crippen LogP contribution in [-0.4, -0.2) is 26.7 Å². The predicted octanol–water partition coefficient (Wildman–Crippen LogP) is 2.62. The Balaban J connectivity index is 1.96. The summed E-state index contributed by atoms with van der Waals surface area (Å²) in [6.45, 7) is 0.185. The number of methoxy groups -OCH3 is 2. The lowest BCUT2D eigenvalue weighted by Gasteiger charge is -2.09. The van der Waals surface area contributed by atoms with Crippen LogP contribution in [0.5, 0.6) is 11.5 Å². The Hall–Kier alpha value is -3.00. The van der Waals surface area contributed by atoms with Gasteiger partial charge in [0.2, 0.25) is 0 Å². The lowest BCUT2D eigenvalue weighted by atomic mass is 10.2. The molecule has 0 heterocycles. The monoisotopic (exact) mass is 313 g/mol. The summed E-state index contributed by atoms with van der Waals surface area (Å²) >= 11 is 0. The van der Waals surface area contributed by atoms with E-state index >= 15 is 0 Å². The molecule has 4 nitrogen and oxygen atoms in total. The molecule has 0 aliphatic rings. The molecular weight excluding hydrogens is 297 g/mol. The molecular formula is C18H16FNO3. The number of benzene rings is 2. The van der Waals surface area contributed by atoms with Gasteiger partial charge in [0.25, 0.3) is 5.91 Å². The molecule has 0 spiro atoms. The van der Waals surface area contributed by atoms with Crippen LogP contribution < -0.4 is 14.8 Å². The number of hydrogen-bond donors (Lipinski definition) is 1. The van der Waals surface area contributed by atoms with Crippen LogP contribution in [0.25, 0.3) is 0 Å². The number of hydrogen-bond acceptors (Lipinski definition) is 3. The highest BCUT2D eigenvalue weighted by atomic mass is 19.1. The van der Waals surface area contributed by atoms with E-state index in [0.717, 1.165) is 0 Å². The van der Waals surface area contributed by atoms with Crippen molar-refractivity contribution in [2.75, 3.05) is 20.8 Å². The summed E-state index contributed by atoms with van der Waals surface area (Å²) in [4.78, 5) is 12.0. The Morgan fingerprint density at radius 2 is 1.78 bits per heavy atom. The maximum Gasteiger partial charge on any atom is 0.252 e. The van der Waals surface area contributed by atoms with E-state index in [2.05, 4.69) is 17.2 Å². The van der Waals surface area contributed by atoms with Gasteiger partial charge in [0, 0.05) is 11.1 Å². The number of nitrogens with one attached hydrogen (secondary N) is 1. The number of amides is 1. The van der Waals surface area contributed by atoms with Crippen molar-refractivity contribution in [3.05, 3.63) is 59.4 Å². The lowest BCUT2D eigenvalue weighted by Crippen LogP contribution is -2.23. The molecule has 0 saturated carbocycles. The van der Waals surface area contributed by atoms with Gasteiger partial charge in [0.15, 0.2) is 11.5 Å². The number of carbonyl (C=O) groups excluding carboxylic acids is 1. The molecule has 0 aliphatic carbocycles. The van der Waals surface area contributed by atoms with Crippen molar-refractivity contribution in [2.24, 2.45) is 0 Å². The molecule has 2 rings (SSSR count). The van der Waals surface area contributed by atoms with Gasteiger partial charge in [-0.3, -0.25) is 4.79 Å². The minimum atomic E-state index is -0.308. The van der Waals surface area contributed by atoms with Crippen molar-refractivity contribution in [1.29, 1.82) is 0 Å². The van der Waals surface area contributed by atoms with Crippen LogP contribution in [0.2, 0.25) is 0 Å². The van der Waals surface area contributed by atoms with E-state index in [4.69, 9.17) is 9.47 Å². The first-order chi connectivity index (χ1) is 11.1. The van der Waals surface area contributed by atoms with Crippen LogP contribution in [-0.2, 0) is 0 Å². The zero-order chi connectivity index (χ0) is 16.7. The molecule has 5 heteroatoms. The zero-order valence-electron chi connectivity index (χ0n) is 12.9. The van der Waals surface area contributed by atoms with Gasteiger partial charge in [0.1, 0.15) is 5.82 Å². The third-order valence-corrected chi connectivity index (χ3v) is 3.06. The van der Waals surface area contributed by atoms with Gasteiger partial charge in [-0.1, -0.05) is 11.8 Å². The third-order valence-electron chi connectivity index (χ3n) is 3.06. The third kappa shape index (κ3) is 4.48. The fourth-order valence-electron chi connectivity index (χ4n) is 1.88. The molecule has 0 radical (unpaired) electrons. The highest BCUT2D eigenvalue weighted by Crippen LogP contribution is 2.27. The second-order valence-electron chi connectivity index (χ2n) is 4.56. The molecule has 0 aromatic heterocycles. The first kappa shape index (κ1) is 16.4. The molecule has 118 valence electrons. The summed E-state index contributed by atoms with van der Waals surface area (Å²) in [6, 6.07) is 10.7. The molecule has 0 bridgehead atoms. The molecule has 1 N–H and O–H groups in total. The molecule has 0 unspecified atom stereocenters. The minimum absolute atomic E-state index is 0.185. The zero-order valence-corrected chi connectivity index (χ0v) is 12.9. The molecule has 0 saturated heterocycles. The van der Waals surface area contributed by atoms with Crippen LogP contribution in [0.3, 0.4) is 0 Å². The van der Waals surface area contributed by atoms with Crippen LogP contribution >= 0.6 is 0 Å². The summed E-state index contributed by atoms with van der Waals surface area (Å²) in [5.74, 6) is 6.12. The van der Waals surface area contributed by atoms with E-state index in [1.54, 1.807) is 30.3 Å². The van der Waals surface area contributed by atoms with Gasteiger partial charge in [-0.2, -0.15) is 0 Å². The highest BCUT2D eigenvalue weighted by molar-refractivity contribution is 5.95. The average Bonchev–Trinajstić information content (AvgIpc) is 2.59. The fourth-order valence-corrected chi connectivity index (χ4v) is 1.88. The molecule has 2 aromatic carbocycles. The quantitative estimate of drug-likeness (QED) is 0.883. The van der Waals surface area contributed by atoms with Gasteiger partial charge in [-0.25, -0.2) is 4.39 Å². The second kappa shape index (κ2) is 7.85. The highest BCUT2D eigenvalue weighted by Gasteiger charge is 2.09. The molecule has 2 aromatic rings. The Labute approximate surface area is 134 Å². The van der Waals surface area contributed by atoms with Crippen LogP contribution in [0.4, 0.5) is 4.39 Å². The van der Waals surface area contributed by atoms with Gasteiger partial charge < -0.3 is 14.8 Å². The largest absolute Gasteiger partial charge is 0.493 e. The molecule has 0 aliphatic heterocycles. The van der Waals surface area contributed by atoms with E-state index in [-0.39, 0.29) is 18.3 Å². The number of halogens is 1. The maximum absolute atomic E-state index is 12.8. The average molecular weight is 313 g/mol. The Bertz CT molecular complexity index is 745. The molecule has 23 heavy (non-hydrogen) atoms. The van der Waals surface area contributed by atoms with Crippen molar-refractivity contribution >= 4 is 5.91 Å². The van der Waals surface area contributed by atoms with E-state index in [0.29, 0.717) is 22.6 Å². The standard InChI is InChI=1S/C18H16FNO3/c1-22-16-10-7-14(12-17(16)23-2)18(21)20-11-3-4-13-5-8-15(19)9-6-13/h5-10,12H,11H2,1-2H3,(H,20,21). The summed E-state index contributed by atoms with van der Waals surface area (Å²) in [7, 11) is 3.04. The van der Waals surface area contributed by atoms with Crippen molar-refractivity contribution in [2.45, 2.75) is 0 Å². The number of carbonyl (C=O) groups is 1. The van der Waals surface area contributed by atoms with E-state index in [1.807, 2.05) is 0 Å². The molecule has 1 amide bonds. The van der Waals surface area contributed by atoms with Crippen molar-refractivity contribution in [3.8, 4) is 23.3 Å². The van der Waals surface area contributed by atoms with Gasteiger partial charge in [-0.15, -0.1) is 0 Å². The SMILES string of the molecule is COc1ccc(C(=O)NCC#Cc2ccc(F)cc2)cc1OC. The van der Waals surface area contributed by atoms with Crippen LogP contribution in [0, 0.1) is 17.7 Å². The second-order valence-corrected chi connectivity index (χ2v) is 4.56. The smallest absolute Gasteiger partial charge is 0.252 e. The van der Waals surface area contributed by atoms with Gasteiger partial charge >= 0.3 is 0 Å². The van der Waals surface area contributed by atoms with Crippen LogP contribution in [0.1, 0.15) is 15.9 Å². The Morgan fingerprint density at radius 1 is 1.09 bits per heavy atom. The fraction of sp³-hybridized carbons (Fsp3) is 0.167. The number of ether oxygens (including phenoxy) is 2. The Kier molecular flexibility index (Phi) is 5.59. The van der Waals surface area contributed by atoms with E-state index < -0.39 is 0 Å². The summed E-state index contributed by atoms with van der Waals surface area (Å²) in [6.07, 6.45) is 0.